The molecule has 2 N–H and O–H groups in total. The van der Waals surface area contributed by atoms with E-state index in [0.717, 1.165) is 0 Å². The minimum Gasteiger partial charge on any atom is -0.726 e. The molecule has 0 amide bonds. The van der Waals surface area contributed by atoms with Crippen LogP contribution in [0, 0.1) is 0 Å². The minimum absolute atomic E-state index is 0. The molecule has 0 heterocycles. The zero-order valence-corrected chi connectivity index (χ0v) is 9.19. The first-order valence-electron chi connectivity index (χ1n) is 1.66. The monoisotopic (exact) mass is 182 g/mol. The maximum Gasteiger partial charge on any atom is 1.00 e. The SMILES string of the molecule is CCOS(=O)(=O)[O-].O.[K+]. The molecule has 0 spiro atoms. The molecule has 0 radical (unpaired) electrons. The smallest absolute Gasteiger partial charge is 0.726 e. The van der Waals surface area contributed by atoms with Gasteiger partial charge in [0.1, 0.15) is 0 Å². The summed E-state index contributed by atoms with van der Waals surface area (Å²) in [6.07, 6.45) is 0. The molecule has 52 valence electrons. The van der Waals surface area contributed by atoms with E-state index in [1.54, 1.807) is 0 Å². The molecular formula is C2H7KO5S. The molecule has 0 aliphatic carbocycles. The van der Waals surface area contributed by atoms with Crippen LogP contribution in [0.5, 0.6) is 0 Å². The van der Waals surface area contributed by atoms with Crippen molar-refractivity contribution in [2.45, 2.75) is 6.92 Å². The minimum atomic E-state index is -4.42. The van der Waals surface area contributed by atoms with Gasteiger partial charge in [-0.25, -0.2) is 8.42 Å². The van der Waals surface area contributed by atoms with Crippen LogP contribution in [0.15, 0.2) is 0 Å². The van der Waals surface area contributed by atoms with E-state index >= 15 is 0 Å². The molecule has 0 aromatic rings. The molecule has 0 aliphatic heterocycles. The standard InChI is InChI=1S/C2H6O4S.K.H2O/c1-2-6-7(3,4)5;;/h2H2,1H3,(H,3,4,5);;1H2/q;+1;/p-1. The van der Waals surface area contributed by atoms with Gasteiger partial charge in [0.2, 0.25) is 10.4 Å². The molecule has 7 heteroatoms. The Bertz CT molecular complexity index is 128. The van der Waals surface area contributed by atoms with Crippen molar-refractivity contribution in [3.05, 3.63) is 0 Å². The van der Waals surface area contributed by atoms with E-state index in [1.165, 1.54) is 6.92 Å². The van der Waals surface area contributed by atoms with E-state index < -0.39 is 10.4 Å². The van der Waals surface area contributed by atoms with Crippen LogP contribution in [0.4, 0.5) is 0 Å². The fourth-order valence-corrected chi connectivity index (χ4v) is 0.433. The molecule has 0 aromatic carbocycles. The van der Waals surface area contributed by atoms with Gasteiger partial charge in [0, 0.05) is 0 Å². The summed E-state index contributed by atoms with van der Waals surface area (Å²) in [7, 11) is -4.42. The molecule has 0 atom stereocenters. The van der Waals surface area contributed by atoms with Crippen LogP contribution in [0.3, 0.4) is 0 Å². The summed E-state index contributed by atoms with van der Waals surface area (Å²) in [5.74, 6) is 0. The van der Waals surface area contributed by atoms with Gasteiger partial charge < -0.3 is 10.0 Å². The van der Waals surface area contributed by atoms with E-state index in [1.807, 2.05) is 0 Å². The Morgan fingerprint density at radius 1 is 1.56 bits per heavy atom. The van der Waals surface area contributed by atoms with Crippen molar-refractivity contribution in [3.63, 3.8) is 0 Å². The molecule has 5 nitrogen and oxygen atoms in total. The average Bonchev–Trinajstić information content (AvgIpc) is 1.30. The fourth-order valence-electron chi connectivity index (χ4n) is 0.144. The van der Waals surface area contributed by atoms with E-state index in [2.05, 4.69) is 4.18 Å². The van der Waals surface area contributed by atoms with Crippen molar-refractivity contribution in [3.8, 4) is 0 Å². The van der Waals surface area contributed by atoms with Crippen molar-refractivity contribution in [2.75, 3.05) is 6.61 Å². The Balaban J connectivity index is -0.000000180. The topological polar surface area (TPSA) is 97.9 Å². The van der Waals surface area contributed by atoms with Gasteiger partial charge in [-0.15, -0.1) is 0 Å². The first-order valence-corrected chi connectivity index (χ1v) is 3.00. The van der Waals surface area contributed by atoms with Crippen molar-refractivity contribution >= 4 is 10.4 Å². The normalized spacial score (nSPS) is 9.11. The molecular weight excluding hydrogens is 175 g/mol. The van der Waals surface area contributed by atoms with Gasteiger partial charge in [0.15, 0.2) is 0 Å². The van der Waals surface area contributed by atoms with Gasteiger partial charge in [-0.2, -0.15) is 0 Å². The van der Waals surface area contributed by atoms with Crippen LogP contribution in [0.2, 0.25) is 0 Å². The Morgan fingerprint density at radius 3 is 1.89 bits per heavy atom. The summed E-state index contributed by atoms with van der Waals surface area (Å²) >= 11 is 0. The predicted molar refractivity (Wildman–Crippen MR) is 24.9 cm³/mol. The molecule has 0 saturated carbocycles. The Kier molecular flexibility index (Phi) is 14.2. The second kappa shape index (κ2) is 7.57. The van der Waals surface area contributed by atoms with E-state index in [0.29, 0.717) is 0 Å². The zero-order chi connectivity index (χ0) is 5.91. The molecule has 0 unspecified atom stereocenters. The van der Waals surface area contributed by atoms with Gasteiger partial charge in [0.25, 0.3) is 0 Å². The van der Waals surface area contributed by atoms with Crippen LogP contribution < -0.4 is 51.4 Å². The van der Waals surface area contributed by atoms with Gasteiger partial charge in [-0.3, -0.25) is 4.18 Å². The Hall–Kier alpha value is 1.47. The molecule has 0 bridgehead atoms. The third-order valence-corrected chi connectivity index (χ3v) is 0.787. The second-order valence-electron chi connectivity index (χ2n) is 0.815. The van der Waals surface area contributed by atoms with Crippen molar-refractivity contribution in [2.24, 2.45) is 0 Å². The molecule has 9 heavy (non-hydrogen) atoms. The van der Waals surface area contributed by atoms with Crippen LogP contribution >= 0.6 is 0 Å². The van der Waals surface area contributed by atoms with Crippen LogP contribution in [-0.2, 0) is 14.6 Å². The molecule has 0 fully saturated rings. The zero-order valence-electron chi connectivity index (χ0n) is 5.25. The van der Waals surface area contributed by atoms with Crippen molar-refractivity contribution < 1.29 is 74.0 Å². The van der Waals surface area contributed by atoms with Gasteiger partial charge in [0.05, 0.1) is 6.61 Å². The number of hydrogen-bond donors (Lipinski definition) is 0. The van der Waals surface area contributed by atoms with E-state index in [9.17, 15) is 13.0 Å². The number of hydrogen-bond acceptors (Lipinski definition) is 4. The van der Waals surface area contributed by atoms with Crippen molar-refractivity contribution in [1.82, 2.24) is 0 Å². The summed E-state index contributed by atoms with van der Waals surface area (Å²) in [5.41, 5.74) is 0. The first kappa shape index (κ1) is 16.8. The first-order chi connectivity index (χ1) is 3.06. The molecule has 0 rings (SSSR count). The fraction of sp³-hybridized carbons (Fsp3) is 1.00. The van der Waals surface area contributed by atoms with Crippen LogP contribution in [0.1, 0.15) is 6.92 Å². The largest absolute Gasteiger partial charge is 1.00 e. The predicted octanol–water partition coefficient (Wildman–Crippen LogP) is -4.34. The molecule has 0 aromatic heterocycles. The summed E-state index contributed by atoms with van der Waals surface area (Å²) in [5, 5.41) is 0. The van der Waals surface area contributed by atoms with Crippen LogP contribution in [-0.4, -0.2) is 25.1 Å². The third kappa shape index (κ3) is 17.7. The Morgan fingerprint density at radius 2 is 1.89 bits per heavy atom. The molecule has 0 aliphatic rings. The number of rotatable bonds is 2. The summed E-state index contributed by atoms with van der Waals surface area (Å²) < 4.78 is 32.0. The molecule has 0 saturated heterocycles. The summed E-state index contributed by atoms with van der Waals surface area (Å²) in [4.78, 5) is 0. The van der Waals surface area contributed by atoms with Gasteiger partial charge in [-0.1, -0.05) is 0 Å². The Labute approximate surface area is 96.5 Å². The van der Waals surface area contributed by atoms with E-state index in [4.69, 9.17) is 0 Å². The second-order valence-corrected chi connectivity index (χ2v) is 1.87. The van der Waals surface area contributed by atoms with Crippen LogP contribution in [0.25, 0.3) is 0 Å². The maximum atomic E-state index is 9.45. The van der Waals surface area contributed by atoms with Crippen molar-refractivity contribution in [1.29, 1.82) is 0 Å². The average molecular weight is 182 g/mol. The summed E-state index contributed by atoms with van der Waals surface area (Å²) in [6, 6.07) is 0. The quantitative estimate of drug-likeness (QED) is 0.245. The van der Waals surface area contributed by atoms with Gasteiger partial charge in [-0.05, 0) is 6.92 Å². The third-order valence-electron chi connectivity index (χ3n) is 0.262. The van der Waals surface area contributed by atoms with Gasteiger partial charge >= 0.3 is 51.4 Å². The van der Waals surface area contributed by atoms with E-state index in [-0.39, 0.29) is 63.5 Å². The maximum absolute atomic E-state index is 9.45. The summed E-state index contributed by atoms with van der Waals surface area (Å²) in [6.45, 7) is 1.33.